The van der Waals surface area contributed by atoms with Crippen LogP contribution in [0.15, 0.2) is 42.6 Å². The standard InChI is InChI=1S/C15H13ClN2OS/c1-19-14-7-3-4-11-12(14)5-2-6-13(11)17-8-10-9-18-15(16)20-10/h2-7,9,17H,8H2,1H3. The maximum absolute atomic E-state index is 5.84. The van der Waals surface area contributed by atoms with Crippen molar-refractivity contribution in [3.8, 4) is 5.75 Å². The minimum atomic E-state index is 0.571. The summed E-state index contributed by atoms with van der Waals surface area (Å²) in [5, 5.41) is 5.67. The first-order valence-electron chi connectivity index (χ1n) is 6.18. The number of hydrogen-bond acceptors (Lipinski definition) is 4. The highest BCUT2D eigenvalue weighted by Gasteiger charge is 2.05. The van der Waals surface area contributed by atoms with E-state index < -0.39 is 0 Å². The molecule has 0 aliphatic heterocycles. The first-order valence-corrected chi connectivity index (χ1v) is 7.37. The van der Waals surface area contributed by atoms with Crippen molar-refractivity contribution in [3.05, 3.63) is 51.9 Å². The van der Waals surface area contributed by atoms with Crippen LogP contribution in [0, 0.1) is 0 Å². The van der Waals surface area contributed by atoms with Gasteiger partial charge in [-0.2, -0.15) is 0 Å². The van der Waals surface area contributed by atoms with Gasteiger partial charge in [0.15, 0.2) is 4.47 Å². The second-order valence-corrected chi connectivity index (χ2v) is 5.99. The highest BCUT2D eigenvalue weighted by molar-refractivity contribution is 7.15. The predicted octanol–water partition coefficient (Wildman–Crippen LogP) is 4.57. The predicted molar refractivity (Wildman–Crippen MR) is 85.0 cm³/mol. The summed E-state index contributed by atoms with van der Waals surface area (Å²) in [6.45, 7) is 0.709. The van der Waals surface area contributed by atoms with Gasteiger partial charge in [-0.25, -0.2) is 4.98 Å². The van der Waals surface area contributed by atoms with E-state index >= 15 is 0 Å². The molecule has 0 aliphatic rings. The van der Waals surface area contributed by atoms with Crippen LogP contribution in [0.25, 0.3) is 10.8 Å². The summed E-state index contributed by atoms with van der Waals surface area (Å²) in [5.74, 6) is 0.881. The number of halogens is 1. The van der Waals surface area contributed by atoms with Crippen LogP contribution in [-0.4, -0.2) is 12.1 Å². The van der Waals surface area contributed by atoms with Gasteiger partial charge < -0.3 is 10.1 Å². The van der Waals surface area contributed by atoms with E-state index in [1.165, 1.54) is 11.3 Å². The summed E-state index contributed by atoms with van der Waals surface area (Å²) in [6, 6.07) is 12.2. The number of aromatic nitrogens is 1. The fourth-order valence-corrected chi connectivity index (χ4v) is 3.08. The van der Waals surface area contributed by atoms with Crippen LogP contribution >= 0.6 is 22.9 Å². The largest absolute Gasteiger partial charge is 0.496 e. The van der Waals surface area contributed by atoms with Crippen molar-refractivity contribution in [1.29, 1.82) is 0 Å². The van der Waals surface area contributed by atoms with Crippen LogP contribution in [-0.2, 0) is 6.54 Å². The molecule has 0 radical (unpaired) electrons. The van der Waals surface area contributed by atoms with Crippen LogP contribution < -0.4 is 10.1 Å². The molecule has 0 unspecified atom stereocenters. The highest BCUT2D eigenvalue weighted by atomic mass is 35.5. The molecule has 5 heteroatoms. The van der Waals surface area contributed by atoms with Crippen molar-refractivity contribution in [1.82, 2.24) is 4.98 Å². The number of nitrogens with zero attached hydrogens (tertiary/aromatic N) is 1. The minimum Gasteiger partial charge on any atom is -0.496 e. The topological polar surface area (TPSA) is 34.1 Å². The molecule has 0 spiro atoms. The summed E-state index contributed by atoms with van der Waals surface area (Å²) in [4.78, 5) is 5.15. The molecule has 0 amide bonds. The third-order valence-corrected chi connectivity index (χ3v) is 4.20. The molecule has 3 rings (SSSR count). The number of hydrogen-bond donors (Lipinski definition) is 1. The fourth-order valence-electron chi connectivity index (χ4n) is 2.16. The summed E-state index contributed by atoms with van der Waals surface area (Å²) in [6.07, 6.45) is 1.80. The Morgan fingerprint density at radius 1 is 1.20 bits per heavy atom. The molecule has 0 atom stereocenters. The van der Waals surface area contributed by atoms with Crippen LogP contribution in [0.2, 0.25) is 4.47 Å². The lowest BCUT2D eigenvalue weighted by Crippen LogP contribution is -1.98. The van der Waals surface area contributed by atoms with E-state index in [9.17, 15) is 0 Å². The Morgan fingerprint density at radius 2 is 2.00 bits per heavy atom. The zero-order valence-corrected chi connectivity index (χ0v) is 12.5. The number of methoxy groups -OCH3 is 1. The Balaban J connectivity index is 1.91. The summed E-state index contributed by atoms with van der Waals surface area (Å²) >= 11 is 7.33. The van der Waals surface area contributed by atoms with Gasteiger partial charge >= 0.3 is 0 Å². The first-order chi connectivity index (χ1) is 9.78. The highest BCUT2D eigenvalue weighted by Crippen LogP contribution is 2.31. The van der Waals surface area contributed by atoms with Crippen LogP contribution in [0.3, 0.4) is 0 Å². The Kier molecular flexibility index (Phi) is 3.76. The smallest absolute Gasteiger partial charge is 0.183 e. The van der Waals surface area contributed by atoms with Gasteiger partial charge in [-0.1, -0.05) is 35.9 Å². The molecule has 3 nitrogen and oxygen atoms in total. The zero-order valence-electron chi connectivity index (χ0n) is 10.9. The van der Waals surface area contributed by atoms with Gasteiger partial charge in [0.1, 0.15) is 5.75 Å². The number of thiazole rings is 1. The van der Waals surface area contributed by atoms with Gasteiger partial charge in [0.2, 0.25) is 0 Å². The van der Waals surface area contributed by atoms with E-state index in [1.807, 2.05) is 18.2 Å². The summed E-state index contributed by atoms with van der Waals surface area (Å²) < 4.78 is 5.97. The lowest BCUT2D eigenvalue weighted by atomic mass is 10.1. The second-order valence-electron chi connectivity index (χ2n) is 4.29. The Morgan fingerprint density at radius 3 is 2.75 bits per heavy atom. The van der Waals surface area contributed by atoms with Crippen molar-refractivity contribution >= 4 is 39.4 Å². The molecule has 0 bridgehead atoms. The van der Waals surface area contributed by atoms with Crippen molar-refractivity contribution in [3.63, 3.8) is 0 Å². The van der Waals surface area contributed by atoms with Crippen molar-refractivity contribution < 1.29 is 4.74 Å². The van der Waals surface area contributed by atoms with E-state index in [1.54, 1.807) is 13.3 Å². The Labute approximate surface area is 126 Å². The molecular weight excluding hydrogens is 292 g/mol. The molecule has 102 valence electrons. The van der Waals surface area contributed by atoms with Gasteiger partial charge in [0, 0.05) is 27.5 Å². The number of fused-ring (bicyclic) bond motifs is 1. The molecule has 3 aromatic rings. The molecule has 2 aromatic carbocycles. The molecule has 1 aromatic heterocycles. The van der Waals surface area contributed by atoms with E-state index in [4.69, 9.17) is 16.3 Å². The average Bonchev–Trinajstić information content (AvgIpc) is 2.90. The molecule has 0 fully saturated rings. The molecule has 1 N–H and O–H groups in total. The monoisotopic (exact) mass is 304 g/mol. The van der Waals surface area contributed by atoms with E-state index in [0.717, 1.165) is 27.1 Å². The molecular formula is C15H13ClN2OS. The number of nitrogens with one attached hydrogen (secondary N) is 1. The lowest BCUT2D eigenvalue weighted by molar-refractivity contribution is 0.420. The van der Waals surface area contributed by atoms with Crippen molar-refractivity contribution in [2.75, 3.05) is 12.4 Å². The summed E-state index contributed by atoms with van der Waals surface area (Å²) in [5.41, 5.74) is 1.07. The van der Waals surface area contributed by atoms with Gasteiger partial charge in [-0.05, 0) is 12.1 Å². The van der Waals surface area contributed by atoms with Crippen molar-refractivity contribution in [2.24, 2.45) is 0 Å². The van der Waals surface area contributed by atoms with Crippen LogP contribution in [0.1, 0.15) is 4.88 Å². The summed E-state index contributed by atoms with van der Waals surface area (Å²) in [7, 11) is 1.69. The number of benzene rings is 2. The van der Waals surface area contributed by atoms with Crippen molar-refractivity contribution in [2.45, 2.75) is 6.54 Å². The third-order valence-electron chi connectivity index (χ3n) is 3.08. The quantitative estimate of drug-likeness (QED) is 0.766. The maximum atomic E-state index is 5.84. The Bertz CT molecular complexity index is 742. The number of rotatable bonds is 4. The normalized spacial score (nSPS) is 10.7. The SMILES string of the molecule is COc1cccc2c(NCc3cnc(Cl)s3)cccc12. The van der Waals surface area contributed by atoms with Gasteiger partial charge in [0.25, 0.3) is 0 Å². The van der Waals surface area contributed by atoms with Gasteiger partial charge in [-0.15, -0.1) is 11.3 Å². The van der Waals surface area contributed by atoms with E-state index in [2.05, 4.69) is 28.5 Å². The lowest BCUT2D eigenvalue weighted by Gasteiger charge is -2.11. The minimum absolute atomic E-state index is 0.571. The van der Waals surface area contributed by atoms with Crippen LogP contribution in [0.4, 0.5) is 5.69 Å². The van der Waals surface area contributed by atoms with Gasteiger partial charge in [-0.3, -0.25) is 0 Å². The van der Waals surface area contributed by atoms with E-state index in [-0.39, 0.29) is 0 Å². The number of anilines is 1. The van der Waals surface area contributed by atoms with E-state index in [0.29, 0.717) is 11.0 Å². The van der Waals surface area contributed by atoms with Gasteiger partial charge in [0.05, 0.1) is 13.7 Å². The molecule has 0 aliphatic carbocycles. The zero-order chi connectivity index (χ0) is 13.9. The molecule has 1 heterocycles. The molecule has 0 saturated heterocycles. The van der Waals surface area contributed by atoms with Crippen LogP contribution in [0.5, 0.6) is 5.75 Å². The first kappa shape index (κ1) is 13.2. The fraction of sp³-hybridized carbons (Fsp3) is 0.133. The Hall–Kier alpha value is -1.78. The third kappa shape index (κ3) is 2.57. The average molecular weight is 305 g/mol. The molecule has 20 heavy (non-hydrogen) atoms. The maximum Gasteiger partial charge on any atom is 0.183 e. The molecule has 0 saturated carbocycles. The number of ether oxygens (including phenoxy) is 1. The second kappa shape index (κ2) is 5.69.